The lowest BCUT2D eigenvalue weighted by molar-refractivity contribution is -0.189. The minimum absolute atomic E-state index is 0.0166. The van der Waals surface area contributed by atoms with Crippen LogP contribution >= 0.6 is 0 Å². The number of alkyl halides is 4. The fourth-order valence-corrected chi connectivity index (χ4v) is 1.51. The Morgan fingerprint density at radius 1 is 1.25 bits per heavy atom. The average molecular weight is 290 g/mol. The summed E-state index contributed by atoms with van der Waals surface area (Å²) < 4.78 is 58.6. The second-order valence-corrected chi connectivity index (χ2v) is 3.98. The summed E-state index contributed by atoms with van der Waals surface area (Å²) in [4.78, 5) is 3.41. The van der Waals surface area contributed by atoms with Gasteiger partial charge in [0.15, 0.2) is 5.82 Å². The second-order valence-electron chi connectivity index (χ2n) is 3.98. The Labute approximate surface area is 111 Å². The van der Waals surface area contributed by atoms with Gasteiger partial charge in [0.2, 0.25) is 0 Å². The Morgan fingerprint density at radius 3 is 2.45 bits per heavy atom. The van der Waals surface area contributed by atoms with Crippen LogP contribution in [0.5, 0.6) is 5.75 Å². The molecule has 1 atom stereocenters. The van der Waals surface area contributed by atoms with Crippen molar-refractivity contribution in [2.75, 3.05) is 7.11 Å². The maximum atomic E-state index is 13.0. The van der Waals surface area contributed by atoms with E-state index in [1.54, 1.807) is 24.3 Å². The third kappa shape index (κ3) is 3.25. The van der Waals surface area contributed by atoms with Crippen LogP contribution in [0.4, 0.5) is 17.6 Å². The molecule has 0 aliphatic rings. The standard InChI is InChI=1S/C12H10F4N2O2/c1-19-8-4-2-7(3-5-8)6-9-17-11(20-18-9)10(13)12(14,15)16/h2-5,10H,6H2,1H3/t10-/m0/s1. The molecule has 0 saturated heterocycles. The smallest absolute Gasteiger partial charge is 0.428 e. The summed E-state index contributed by atoms with van der Waals surface area (Å²) in [5.41, 5.74) is 0.737. The van der Waals surface area contributed by atoms with Gasteiger partial charge >= 0.3 is 6.18 Å². The summed E-state index contributed by atoms with van der Waals surface area (Å²) in [6.45, 7) is 0. The number of nitrogens with zero attached hydrogens (tertiary/aromatic N) is 2. The Balaban J connectivity index is 2.09. The van der Waals surface area contributed by atoms with Gasteiger partial charge < -0.3 is 9.26 Å². The van der Waals surface area contributed by atoms with E-state index < -0.39 is 18.2 Å². The van der Waals surface area contributed by atoms with Crippen LogP contribution in [0, 0.1) is 0 Å². The van der Waals surface area contributed by atoms with E-state index in [0.717, 1.165) is 5.56 Å². The summed E-state index contributed by atoms with van der Waals surface area (Å²) in [7, 11) is 1.51. The quantitative estimate of drug-likeness (QED) is 0.811. The molecular weight excluding hydrogens is 280 g/mol. The Bertz CT molecular complexity index is 566. The van der Waals surface area contributed by atoms with Crippen LogP contribution < -0.4 is 4.74 Å². The number of ether oxygens (including phenoxy) is 1. The summed E-state index contributed by atoms with van der Waals surface area (Å²) >= 11 is 0. The molecule has 108 valence electrons. The molecule has 8 heteroatoms. The predicted octanol–water partition coefficient (Wildman–Crippen LogP) is 3.24. The van der Waals surface area contributed by atoms with Crippen LogP contribution in [0.15, 0.2) is 28.8 Å². The number of halogens is 4. The Kier molecular flexibility index (Phi) is 3.91. The molecule has 1 aromatic carbocycles. The van der Waals surface area contributed by atoms with Crippen molar-refractivity contribution in [3.05, 3.63) is 41.5 Å². The third-order valence-electron chi connectivity index (χ3n) is 2.51. The van der Waals surface area contributed by atoms with Crippen LogP contribution in [0.3, 0.4) is 0 Å². The summed E-state index contributed by atoms with van der Waals surface area (Å²) in [5.74, 6) is -0.457. The van der Waals surface area contributed by atoms with Crippen LogP contribution in [0.25, 0.3) is 0 Å². The third-order valence-corrected chi connectivity index (χ3v) is 2.51. The lowest BCUT2D eigenvalue weighted by atomic mass is 10.1. The molecule has 20 heavy (non-hydrogen) atoms. The van der Waals surface area contributed by atoms with Crippen molar-refractivity contribution >= 4 is 0 Å². The zero-order valence-electron chi connectivity index (χ0n) is 10.3. The van der Waals surface area contributed by atoms with Gasteiger partial charge in [0.1, 0.15) is 5.75 Å². The van der Waals surface area contributed by atoms with Crippen molar-refractivity contribution in [2.24, 2.45) is 0 Å². The molecule has 0 aliphatic carbocycles. The first kappa shape index (κ1) is 14.3. The van der Waals surface area contributed by atoms with Crippen LogP contribution in [-0.2, 0) is 6.42 Å². The van der Waals surface area contributed by atoms with Gasteiger partial charge in [-0.15, -0.1) is 0 Å². The second kappa shape index (κ2) is 5.48. The molecule has 1 aromatic heterocycles. The van der Waals surface area contributed by atoms with Gasteiger partial charge in [-0.1, -0.05) is 17.3 Å². The van der Waals surface area contributed by atoms with E-state index in [-0.39, 0.29) is 12.2 Å². The SMILES string of the molecule is COc1ccc(Cc2noc([C@H](F)C(F)(F)F)n2)cc1. The van der Waals surface area contributed by atoms with Gasteiger partial charge in [-0.05, 0) is 17.7 Å². The molecule has 4 nitrogen and oxygen atoms in total. The van der Waals surface area contributed by atoms with Crippen LogP contribution in [0.1, 0.15) is 23.5 Å². The van der Waals surface area contributed by atoms with E-state index in [2.05, 4.69) is 14.7 Å². The topological polar surface area (TPSA) is 48.2 Å². The van der Waals surface area contributed by atoms with Gasteiger partial charge in [-0.25, -0.2) is 4.39 Å². The number of rotatable bonds is 4. The molecule has 0 fully saturated rings. The van der Waals surface area contributed by atoms with E-state index in [1.165, 1.54) is 7.11 Å². The van der Waals surface area contributed by atoms with Crippen molar-refractivity contribution in [2.45, 2.75) is 18.8 Å². The van der Waals surface area contributed by atoms with E-state index in [1.807, 2.05) is 0 Å². The minimum atomic E-state index is -5.05. The number of hydrogen-bond acceptors (Lipinski definition) is 4. The maximum absolute atomic E-state index is 13.0. The zero-order valence-corrected chi connectivity index (χ0v) is 10.3. The van der Waals surface area contributed by atoms with Crippen molar-refractivity contribution in [3.8, 4) is 5.75 Å². The molecule has 0 aliphatic heterocycles. The van der Waals surface area contributed by atoms with Crippen molar-refractivity contribution in [1.29, 1.82) is 0 Å². The van der Waals surface area contributed by atoms with Gasteiger partial charge in [0, 0.05) is 6.42 Å². The number of aromatic nitrogens is 2. The minimum Gasteiger partial charge on any atom is -0.497 e. The van der Waals surface area contributed by atoms with Crippen LogP contribution in [0.2, 0.25) is 0 Å². The molecule has 0 radical (unpaired) electrons. The van der Waals surface area contributed by atoms with Gasteiger partial charge in [-0.2, -0.15) is 18.2 Å². The first-order valence-electron chi connectivity index (χ1n) is 5.56. The molecule has 0 N–H and O–H groups in total. The van der Waals surface area contributed by atoms with E-state index in [4.69, 9.17) is 4.74 Å². The highest BCUT2D eigenvalue weighted by Crippen LogP contribution is 2.34. The molecule has 2 aromatic rings. The summed E-state index contributed by atoms with van der Waals surface area (Å²) in [6.07, 6.45) is -8.18. The first-order chi connectivity index (χ1) is 9.40. The summed E-state index contributed by atoms with van der Waals surface area (Å²) in [6, 6.07) is 6.77. The molecule has 0 amide bonds. The van der Waals surface area contributed by atoms with Gasteiger partial charge in [0.05, 0.1) is 7.11 Å². The lowest BCUT2D eigenvalue weighted by Gasteiger charge is -2.06. The molecule has 2 rings (SSSR count). The van der Waals surface area contributed by atoms with E-state index >= 15 is 0 Å². The predicted molar refractivity (Wildman–Crippen MR) is 60.0 cm³/mol. The first-order valence-corrected chi connectivity index (χ1v) is 5.56. The highest BCUT2D eigenvalue weighted by atomic mass is 19.4. The van der Waals surface area contributed by atoms with E-state index in [9.17, 15) is 17.6 Å². The van der Waals surface area contributed by atoms with Crippen molar-refractivity contribution < 1.29 is 26.8 Å². The molecular formula is C12H10F4N2O2. The lowest BCUT2D eigenvalue weighted by Crippen LogP contribution is -2.16. The highest BCUT2D eigenvalue weighted by molar-refractivity contribution is 5.28. The number of hydrogen-bond donors (Lipinski definition) is 0. The fraction of sp³-hybridized carbons (Fsp3) is 0.333. The number of benzene rings is 1. The highest BCUT2D eigenvalue weighted by Gasteiger charge is 2.45. The Morgan fingerprint density at radius 2 is 1.90 bits per heavy atom. The van der Waals surface area contributed by atoms with E-state index in [0.29, 0.717) is 5.75 Å². The monoisotopic (exact) mass is 290 g/mol. The largest absolute Gasteiger partial charge is 0.497 e. The number of methoxy groups -OCH3 is 1. The average Bonchev–Trinajstić information content (AvgIpc) is 2.86. The molecule has 0 bridgehead atoms. The Hall–Kier alpha value is -2.12. The normalized spacial score (nSPS) is 13.2. The zero-order chi connectivity index (χ0) is 14.8. The van der Waals surface area contributed by atoms with Crippen molar-refractivity contribution in [1.82, 2.24) is 10.1 Å². The van der Waals surface area contributed by atoms with Gasteiger partial charge in [-0.3, -0.25) is 0 Å². The van der Waals surface area contributed by atoms with Gasteiger partial charge in [0.25, 0.3) is 12.1 Å². The molecule has 1 heterocycles. The fourth-order valence-electron chi connectivity index (χ4n) is 1.51. The van der Waals surface area contributed by atoms with Crippen molar-refractivity contribution in [3.63, 3.8) is 0 Å². The molecule has 0 unspecified atom stereocenters. The summed E-state index contributed by atoms with van der Waals surface area (Å²) in [5, 5.41) is 3.33. The molecule has 0 spiro atoms. The maximum Gasteiger partial charge on any atom is 0.428 e. The van der Waals surface area contributed by atoms with Crippen LogP contribution in [-0.4, -0.2) is 23.4 Å². The molecule has 0 saturated carbocycles.